The van der Waals surface area contributed by atoms with Crippen LogP contribution < -0.4 is 10.6 Å². The molecule has 8 nitrogen and oxygen atoms in total. The Bertz CT molecular complexity index is 837. The van der Waals surface area contributed by atoms with E-state index < -0.39 is 16.7 Å². The number of carbonyl (C=O) groups excluding carboxylic acids is 2. The van der Waals surface area contributed by atoms with Gasteiger partial charge in [0, 0.05) is 12.6 Å². The van der Waals surface area contributed by atoms with E-state index in [2.05, 4.69) is 10.6 Å². The Morgan fingerprint density at radius 2 is 1.78 bits per heavy atom. The quantitative estimate of drug-likeness (QED) is 0.461. The summed E-state index contributed by atoms with van der Waals surface area (Å²) in [6, 6.07) is 13.8. The Balaban J connectivity index is 2.04. The zero-order valence-corrected chi connectivity index (χ0v) is 15.4. The summed E-state index contributed by atoms with van der Waals surface area (Å²) < 4.78 is 0. The van der Waals surface area contributed by atoms with Crippen molar-refractivity contribution in [3.8, 4) is 0 Å². The van der Waals surface area contributed by atoms with E-state index in [0.29, 0.717) is 5.56 Å². The lowest BCUT2D eigenvalue weighted by atomic mass is 10.1. The smallest absolute Gasteiger partial charge is 0.313 e. The maximum absolute atomic E-state index is 12.1. The molecule has 0 fully saturated rings. The summed E-state index contributed by atoms with van der Waals surface area (Å²) in [5.41, 5.74) is 1.41. The number of carbonyl (C=O) groups is 2. The fourth-order valence-electron chi connectivity index (χ4n) is 2.62. The lowest BCUT2D eigenvalue weighted by Gasteiger charge is -2.25. The molecule has 0 aromatic heterocycles. The third-order valence-electron chi connectivity index (χ3n) is 4.07. The highest BCUT2D eigenvalue weighted by Crippen LogP contribution is 2.25. The zero-order chi connectivity index (χ0) is 20.0. The maximum atomic E-state index is 12.1. The average molecular weight is 370 g/mol. The van der Waals surface area contributed by atoms with E-state index >= 15 is 0 Å². The van der Waals surface area contributed by atoms with Gasteiger partial charge in [0.2, 0.25) is 0 Å². The minimum Gasteiger partial charge on any atom is -0.346 e. The first-order valence-electron chi connectivity index (χ1n) is 8.35. The summed E-state index contributed by atoms with van der Waals surface area (Å²) in [4.78, 5) is 36.7. The van der Waals surface area contributed by atoms with Crippen molar-refractivity contribution in [2.45, 2.75) is 13.0 Å². The summed E-state index contributed by atoms with van der Waals surface area (Å²) in [6.07, 6.45) is 0. The van der Waals surface area contributed by atoms with Crippen LogP contribution in [0.25, 0.3) is 0 Å². The van der Waals surface area contributed by atoms with Gasteiger partial charge in [0.1, 0.15) is 5.69 Å². The van der Waals surface area contributed by atoms with Gasteiger partial charge in [0.05, 0.1) is 11.0 Å². The van der Waals surface area contributed by atoms with Crippen LogP contribution in [0.3, 0.4) is 0 Å². The number of likely N-dealkylation sites (N-methyl/N-ethyl adjacent to an activating group) is 1. The topological polar surface area (TPSA) is 105 Å². The van der Waals surface area contributed by atoms with E-state index in [4.69, 9.17) is 0 Å². The monoisotopic (exact) mass is 370 g/mol. The molecule has 0 aliphatic carbocycles. The Hall–Kier alpha value is -3.26. The number of nitrogens with one attached hydrogen (secondary N) is 2. The molecule has 0 aliphatic heterocycles. The summed E-state index contributed by atoms with van der Waals surface area (Å²) in [5, 5.41) is 16.0. The van der Waals surface area contributed by atoms with Crippen LogP contribution in [0.1, 0.15) is 17.2 Å². The van der Waals surface area contributed by atoms with E-state index in [1.54, 1.807) is 13.0 Å². The Morgan fingerprint density at radius 1 is 1.11 bits per heavy atom. The standard InChI is InChI=1S/C19H22N4O4/c1-13-9-10-15(16(11-13)23(26)27)21-19(25)18(24)20-12-17(22(2)3)14-7-5-4-6-8-14/h4-11,17H,12H2,1-3H3,(H,20,24)(H,21,25)/t17-/m1/s1. The molecule has 0 spiro atoms. The highest BCUT2D eigenvalue weighted by molar-refractivity contribution is 6.39. The van der Waals surface area contributed by atoms with Gasteiger partial charge in [-0.3, -0.25) is 19.7 Å². The second-order valence-electron chi connectivity index (χ2n) is 6.33. The molecule has 2 N–H and O–H groups in total. The van der Waals surface area contributed by atoms with E-state index in [1.807, 2.05) is 49.3 Å². The Kier molecular flexibility index (Phi) is 6.62. The number of aryl methyl sites for hydroxylation is 1. The van der Waals surface area contributed by atoms with Crippen molar-refractivity contribution >= 4 is 23.2 Å². The predicted molar refractivity (Wildman–Crippen MR) is 102 cm³/mol. The van der Waals surface area contributed by atoms with E-state index in [9.17, 15) is 19.7 Å². The van der Waals surface area contributed by atoms with Crippen molar-refractivity contribution in [3.63, 3.8) is 0 Å². The Morgan fingerprint density at radius 3 is 2.37 bits per heavy atom. The van der Waals surface area contributed by atoms with Gasteiger partial charge in [-0.1, -0.05) is 36.4 Å². The number of hydrogen-bond acceptors (Lipinski definition) is 5. The number of benzene rings is 2. The number of rotatable bonds is 6. The SMILES string of the molecule is Cc1ccc(NC(=O)C(=O)NC[C@H](c2ccccc2)N(C)C)c([N+](=O)[O-])c1. The van der Waals surface area contributed by atoms with E-state index in [1.165, 1.54) is 12.1 Å². The third kappa shape index (κ3) is 5.35. The minimum atomic E-state index is -0.951. The van der Waals surface area contributed by atoms with Crippen molar-refractivity contribution in [1.29, 1.82) is 0 Å². The molecule has 8 heteroatoms. The molecule has 0 bridgehead atoms. The molecule has 2 rings (SSSR count). The van der Waals surface area contributed by atoms with E-state index in [-0.39, 0.29) is 24.0 Å². The number of nitro groups is 1. The second-order valence-corrected chi connectivity index (χ2v) is 6.33. The van der Waals surface area contributed by atoms with Gasteiger partial charge >= 0.3 is 11.8 Å². The zero-order valence-electron chi connectivity index (χ0n) is 15.4. The lowest BCUT2D eigenvalue weighted by Crippen LogP contribution is -2.40. The van der Waals surface area contributed by atoms with Crippen LogP contribution in [-0.2, 0) is 9.59 Å². The average Bonchev–Trinajstić information content (AvgIpc) is 2.63. The van der Waals surface area contributed by atoms with Crippen molar-refractivity contribution in [2.24, 2.45) is 0 Å². The van der Waals surface area contributed by atoms with Crippen molar-refractivity contribution in [2.75, 3.05) is 26.0 Å². The van der Waals surface area contributed by atoms with Gasteiger partial charge < -0.3 is 15.5 Å². The van der Waals surface area contributed by atoms with E-state index in [0.717, 1.165) is 5.56 Å². The summed E-state index contributed by atoms with van der Waals surface area (Å²) >= 11 is 0. The van der Waals surface area contributed by atoms with Crippen molar-refractivity contribution in [3.05, 3.63) is 69.8 Å². The minimum absolute atomic E-state index is 0.0158. The number of nitrogens with zero attached hydrogens (tertiary/aromatic N) is 2. The van der Waals surface area contributed by atoms with Gasteiger partial charge in [0.25, 0.3) is 5.69 Å². The highest BCUT2D eigenvalue weighted by Gasteiger charge is 2.22. The number of nitro benzene ring substituents is 1. The molecule has 2 amide bonds. The maximum Gasteiger partial charge on any atom is 0.313 e. The van der Waals surface area contributed by atoms with Gasteiger partial charge in [-0.15, -0.1) is 0 Å². The molecule has 0 unspecified atom stereocenters. The molecule has 0 aliphatic rings. The van der Waals surface area contributed by atoms with Gasteiger partial charge in [-0.2, -0.15) is 0 Å². The summed E-state index contributed by atoms with van der Waals surface area (Å²) in [5.74, 6) is -1.81. The number of anilines is 1. The molecular formula is C19H22N4O4. The Labute approximate surface area is 157 Å². The molecule has 0 saturated heterocycles. The highest BCUT2D eigenvalue weighted by atomic mass is 16.6. The van der Waals surface area contributed by atoms with Gasteiger partial charge in [-0.05, 0) is 38.2 Å². The predicted octanol–water partition coefficient (Wildman–Crippen LogP) is 2.26. The summed E-state index contributed by atoms with van der Waals surface area (Å²) in [6.45, 7) is 1.93. The molecule has 142 valence electrons. The molecule has 1 atom stereocenters. The van der Waals surface area contributed by atoms with Crippen LogP contribution >= 0.6 is 0 Å². The van der Waals surface area contributed by atoms with Gasteiger partial charge in [-0.25, -0.2) is 0 Å². The second kappa shape index (κ2) is 8.91. The number of hydrogen-bond donors (Lipinski definition) is 2. The van der Waals surface area contributed by atoms with Gasteiger partial charge in [0.15, 0.2) is 0 Å². The molecule has 2 aromatic carbocycles. The number of amides is 2. The van der Waals surface area contributed by atoms with Crippen LogP contribution in [0.2, 0.25) is 0 Å². The van der Waals surface area contributed by atoms with Crippen molar-refractivity contribution < 1.29 is 14.5 Å². The molecular weight excluding hydrogens is 348 g/mol. The molecule has 27 heavy (non-hydrogen) atoms. The third-order valence-corrected chi connectivity index (χ3v) is 4.07. The normalized spacial score (nSPS) is 11.7. The molecule has 0 heterocycles. The molecule has 0 radical (unpaired) electrons. The summed E-state index contributed by atoms with van der Waals surface area (Å²) in [7, 11) is 3.75. The molecule has 2 aromatic rings. The lowest BCUT2D eigenvalue weighted by molar-refractivity contribution is -0.384. The first-order chi connectivity index (χ1) is 12.8. The first kappa shape index (κ1) is 20.1. The van der Waals surface area contributed by atoms with Crippen LogP contribution in [0.4, 0.5) is 11.4 Å². The van der Waals surface area contributed by atoms with Crippen LogP contribution in [0.15, 0.2) is 48.5 Å². The molecule has 0 saturated carbocycles. The fourth-order valence-corrected chi connectivity index (χ4v) is 2.62. The largest absolute Gasteiger partial charge is 0.346 e. The van der Waals surface area contributed by atoms with Crippen LogP contribution in [0.5, 0.6) is 0 Å². The van der Waals surface area contributed by atoms with Crippen LogP contribution in [0, 0.1) is 17.0 Å². The first-order valence-corrected chi connectivity index (χ1v) is 8.35. The van der Waals surface area contributed by atoms with Crippen molar-refractivity contribution in [1.82, 2.24) is 10.2 Å². The van der Waals surface area contributed by atoms with Crippen LogP contribution in [-0.4, -0.2) is 42.3 Å². The fraction of sp³-hybridized carbons (Fsp3) is 0.263.